The molecule has 0 aliphatic heterocycles. The van der Waals surface area contributed by atoms with E-state index in [-0.39, 0.29) is 89.8 Å². The van der Waals surface area contributed by atoms with Crippen LogP contribution in [0.5, 0.6) is 0 Å². The standard InChI is InChI=1S/C34H46N2O4.C29H45N3O4.C7H9N.CH4/c1-7-29(38)34(6)22(3)18-27-26-13-10-23-19-25(14-16-32(23,4)31(26)28(37)20-33(27,34)5)36-40-17-15-30(39)35-24-11-8-21(2)9-12-24;1-8-24(30-32(6)7)29(5)18(2)15-22-21-10-9-19-16-20(31-36-14-12-25(34)35)11-13-27(19,3)26(21)23(33)17-28(22,29)4;1-6-2-4-7(8)5-3-6;/h8-9,11-12,14,16,19,22,26-28,31,37H,7,10,13,15,17-18,20H2,1-6H3,(H,35,39);11,13,16,18,21-23,26,33H,8-10,12,14-15,17H2,1-7H3,(H,34,35);2-5H,8H2,1H3;1H4/b36-25+;30-24-,31-20+;;/t22-,26+,27+,28+,31-,32+,33+,34-;18-,21+,22+,23+,26-,27+,28+,29-;;/m11../s1. The summed E-state index contributed by atoms with van der Waals surface area (Å²) in [6, 6.07) is 15.5. The van der Waals surface area contributed by atoms with Gasteiger partial charge in [0.1, 0.15) is 30.4 Å². The molecule has 85 heavy (non-hydrogen) atoms. The molecule has 6 saturated carbocycles. The molecule has 0 unspecified atom stereocenters. The number of anilines is 2. The third-order valence-corrected chi connectivity index (χ3v) is 23.1. The van der Waals surface area contributed by atoms with Crippen LogP contribution in [0.4, 0.5) is 11.4 Å². The van der Waals surface area contributed by atoms with Gasteiger partial charge < -0.3 is 41.1 Å². The minimum Gasteiger partial charge on any atom is -0.481 e. The van der Waals surface area contributed by atoms with Crippen LogP contribution >= 0.6 is 0 Å². The van der Waals surface area contributed by atoms with Crippen molar-refractivity contribution >= 4 is 46.2 Å². The third-order valence-electron chi connectivity index (χ3n) is 23.1. The maximum absolute atomic E-state index is 13.3. The molecular formula is C71H104N6O8. The summed E-state index contributed by atoms with van der Waals surface area (Å²) in [6.07, 6.45) is 21.1. The number of Topliss-reactive ketones (excluding diaryl/α,β-unsaturated/α-hetero) is 1. The van der Waals surface area contributed by atoms with Crippen molar-refractivity contribution in [1.82, 2.24) is 5.01 Å². The summed E-state index contributed by atoms with van der Waals surface area (Å²) in [6.45, 7) is 27.0. The number of carbonyl (C=O) groups is 3. The fraction of sp³-hybridized carbons (Fsp3) is 0.634. The van der Waals surface area contributed by atoms with Gasteiger partial charge in [-0.2, -0.15) is 5.10 Å². The van der Waals surface area contributed by atoms with Gasteiger partial charge in [-0.15, -0.1) is 0 Å². The maximum Gasteiger partial charge on any atom is 0.306 e. The summed E-state index contributed by atoms with van der Waals surface area (Å²) < 4.78 is 0. The highest BCUT2D eigenvalue weighted by Crippen LogP contribution is 2.73. The molecule has 6 fully saturated rings. The van der Waals surface area contributed by atoms with E-state index in [1.54, 1.807) is 0 Å². The second kappa shape index (κ2) is 26.2. The number of allylic oxidation sites excluding steroid dienone is 8. The number of nitrogens with one attached hydrogen (secondary N) is 1. The van der Waals surface area contributed by atoms with Crippen molar-refractivity contribution in [3.8, 4) is 0 Å². The SMILES string of the molecule is C.CC/C(=N/N(C)C)[C@@]1(C)[C@H](C)C[C@H]2[C@@H]3CCC4=C/C(=N/OCCC(=O)O)C=C[C@]4(C)[C@H]3[C@@H](O)C[C@@]21C.CCC(=O)[C@@]1(C)[C@H](C)C[C@H]2[C@@H]3CCC4=C/C(=N/OCCC(=O)Nc5ccc(C)cc5)C=C[C@]4(C)[C@H]3[C@@H](O)C[C@@]21C.Cc1ccc(N)cc1. The lowest BCUT2D eigenvalue weighted by molar-refractivity contribution is -0.155. The zero-order valence-corrected chi connectivity index (χ0v) is 53.0. The largest absolute Gasteiger partial charge is 0.481 e. The van der Waals surface area contributed by atoms with E-state index in [0.29, 0.717) is 54.1 Å². The monoisotopic (exact) mass is 1170 g/mol. The number of amides is 1. The molecule has 466 valence electrons. The first-order valence-corrected chi connectivity index (χ1v) is 31.4. The highest BCUT2D eigenvalue weighted by Gasteiger charge is 2.70. The summed E-state index contributed by atoms with van der Waals surface area (Å²) in [7, 11) is 4.01. The van der Waals surface area contributed by atoms with Crippen molar-refractivity contribution in [1.29, 1.82) is 0 Å². The van der Waals surface area contributed by atoms with Crippen molar-refractivity contribution in [2.24, 2.45) is 95.2 Å². The van der Waals surface area contributed by atoms with Gasteiger partial charge in [0.05, 0.1) is 25.0 Å². The Hall–Kier alpha value is -5.86. The Morgan fingerprint density at radius 1 is 0.682 bits per heavy atom. The van der Waals surface area contributed by atoms with Crippen molar-refractivity contribution in [2.45, 2.75) is 180 Å². The summed E-state index contributed by atoms with van der Waals surface area (Å²) in [5, 5.41) is 50.7. The number of nitrogens with zero attached hydrogens (tertiary/aromatic N) is 4. The van der Waals surface area contributed by atoms with Gasteiger partial charge in [0.2, 0.25) is 5.91 Å². The second-order valence-corrected chi connectivity index (χ2v) is 27.7. The quantitative estimate of drug-likeness (QED) is 0.0523. The molecule has 10 rings (SSSR count). The molecule has 8 aliphatic rings. The first-order chi connectivity index (χ1) is 39.6. The van der Waals surface area contributed by atoms with Gasteiger partial charge in [-0.05, 0) is 167 Å². The van der Waals surface area contributed by atoms with Crippen LogP contribution in [0.15, 0.2) is 112 Å². The van der Waals surface area contributed by atoms with Crippen LogP contribution in [0.2, 0.25) is 0 Å². The van der Waals surface area contributed by atoms with E-state index >= 15 is 0 Å². The van der Waals surface area contributed by atoms with E-state index < -0.39 is 12.1 Å². The normalized spacial score (nSPS) is 37.4. The van der Waals surface area contributed by atoms with Gasteiger partial charge in [-0.1, -0.05) is 146 Å². The molecule has 14 nitrogen and oxygen atoms in total. The number of nitrogen functional groups attached to an aromatic ring is 1. The van der Waals surface area contributed by atoms with Crippen molar-refractivity contribution < 1.29 is 39.4 Å². The van der Waals surface area contributed by atoms with E-state index in [4.69, 9.17) is 25.6 Å². The van der Waals surface area contributed by atoms with Crippen LogP contribution in [0.3, 0.4) is 0 Å². The number of fused-ring (bicyclic) bond motifs is 10. The number of nitrogens with two attached hydrogens (primary N) is 1. The van der Waals surface area contributed by atoms with Gasteiger partial charge in [-0.3, -0.25) is 14.4 Å². The molecule has 8 aliphatic carbocycles. The Morgan fingerprint density at radius 2 is 1.13 bits per heavy atom. The Labute approximate surface area is 509 Å². The predicted octanol–water partition coefficient (Wildman–Crippen LogP) is 14.0. The fourth-order valence-corrected chi connectivity index (χ4v) is 18.2. The molecular weight excluding hydrogens is 1060 g/mol. The minimum absolute atomic E-state index is 0. The molecule has 2 aromatic rings. The highest BCUT2D eigenvalue weighted by molar-refractivity contribution is 6.06. The number of benzene rings is 2. The molecule has 2 aromatic carbocycles. The number of carboxylic acids is 1. The van der Waals surface area contributed by atoms with E-state index in [0.717, 1.165) is 73.3 Å². The first kappa shape index (κ1) is 66.7. The summed E-state index contributed by atoms with van der Waals surface area (Å²) in [4.78, 5) is 47.0. The Balaban J connectivity index is 0.000000214. The number of ketones is 1. The zero-order valence-electron chi connectivity index (χ0n) is 53.0. The molecule has 0 saturated heterocycles. The smallest absolute Gasteiger partial charge is 0.306 e. The molecule has 0 aromatic heterocycles. The van der Waals surface area contributed by atoms with Crippen LogP contribution in [-0.4, -0.2) is 94.6 Å². The lowest BCUT2D eigenvalue weighted by atomic mass is 9.44. The van der Waals surface area contributed by atoms with Crippen LogP contribution in [0.25, 0.3) is 0 Å². The molecule has 0 radical (unpaired) electrons. The number of aliphatic carboxylic acids is 1. The number of hydrogen-bond acceptors (Lipinski definition) is 12. The third kappa shape index (κ3) is 12.5. The average molecular weight is 1170 g/mol. The van der Waals surface area contributed by atoms with E-state index in [1.807, 2.05) is 101 Å². The predicted molar refractivity (Wildman–Crippen MR) is 344 cm³/mol. The highest BCUT2D eigenvalue weighted by atomic mass is 16.6. The summed E-state index contributed by atoms with van der Waals surface area (Å²) in [5.74, 6) is 2.30. The number of aryl methyl sites for hydroxylation is 2. The van der Waals surface area contributed by atoms with Gasteiger partial charge in [-0.25, -0.2) is 0 Å². The van der Waals surface area contributed by atoms with Crippen LogP contribution in [0, 0.1) is 93.7 Å². The number of aliphatic hydroxyl groups is 2. The first-order valence-electron chi connectivity index (χ1n) is 31.4. The van der Waals surface area contributed by atoms with Gasteiger partial charge in [0.25, 0.3) is 0 Å². The molecule has 14 heteroatoms. The zero-order chi connectivity index (χ0) is 61.3. The van der Waals surface area contributed by atoms with Crippen LogP contribution in [0.1, 0.15) is 165 Å². The lowest BCUT2D eigenvalue weighted by Gasteiger charge is -2.60. The number of oxime groups is 2. The molecule has 0 bridgehead atoms. The average Bonchev–Trinajstić information content (AvgIpc) is 1.64. The second-order valence-electron chi connectivity index (χ2n) is 27.7. The van der Waals surface area contributed by atoms with E-state index in [1.165, 1.54) is 28.8 Å². The number of hydrazone groups is 1. The van der Waals surface area contributed by atoms with Crippen molar-refractivity contribution in [3.05, 3.63) is 107 Å². The Kier molecular flexibility index (Phi) is 20.6. The summed E-state index contributed by atoms with van der Waals surface area (Å²) in [5.41, 5.74) is 13.7. The Bertz CT molecular complexity index is 2940. The minimum atomic E-state index is -0.895. The van der Waals surface area contributed by atoms with Gasteiger partial charge >= 0.3 is 5.97 Å². The molecule has 1 amide bonds. The Morgan fingerprint density at radius 3 is 1.56 bits per heavy atom. The number of hydrogen-bond donors (Lipinski definition) is 5. The fourth-order valence-electron chi connectivity index (χ4n) is 18.2. The summed E-state index contributed by atoms with van der Waals surface area (Å²) >= 11 is 0. The van der Waals surface area contributed by atoms with Gasteiger partial charge in [0.15, 0.2) is 0 Å². The van der Waals surface area contributed by atoms with Gasteiger partial charge in [0, 0.05) is 71.1 Å². The number of aliphatic hydroxyl groups excluding tert-OH is 2. The lowest BCUT2D eigenvalue weighted by Crippen LogP contribution is -2.58. The number of rotatable bonds is 14. The molecule has 6 N–H and O–H groups in total. The maximum atomic E-state index is 13.3. The van der Waals surface area contributed by atoms with Crippen molar-refractivity contribution in [3.63, 3.8) is 0 Å². The van der Waals surface area contributed by atoms with E-state index in [2.05, 4.69) is 102 Å². The number of carbonyl (C=O) groups excluding carboxylic acids is 2. The van der Waals surface area contributed by atoms with E-state index in [9.17, 15) is 24.6 Å². The number of carboxylic acid groups (broad SMARTS) is 1. The van der Waals surface area contributed by atoms with Crippen molar-refractivity contribution in [2.75, 3.05) is 38.4 Å². The topological polar surface area (TPSA) is 209 Å². The van der Waals surface area contributed by atoms with Crippen LogP contribution in [-0.2, 0) is 24.1 Å². The molecule has 16 atom stereocenters. The molecule has 0 heterocycles. The van der Waals surface area contributed by atoms with Crippen LogP contribution < -0.4 is 11.1 Å². The molecule has 0 spiro atoms.